The van der Waals surface area contributed by atoms with Crippen molar-refractivity contribution in [1.29, 1.82) is 0 Å². The quantitative estimate of drug-likeness (QED) is 0.472. The summed E-state index contributed by atoms with van der Waals surface area (Å²) in [6.07, 6.45) is 2.21. The molecule has 72 valence electrons. The Hall–Kier alpha value is -0.0800. The van der Waals surface area contributed by atoms with Gasteiger partial charge in [0.25, 0.3) is 0 Å². The van der Waals surface area contributed by atoms with E-state index in [0.29, 0.717) is 11.8 Å². The molecule has 1 heterocycles. The molecule has 0 saturated carbocycles. The second-order valence-electron chi connectivity index (χ2n) is 4.76. The molecular formula is C10H21NO. The van der Waals surface area contributed by atoms with Gasteiger partial charge in [0.05, 0.1) is 19.6 Å². The smallest absolute Gasteiger partial charge is 0.0812 e. The molecule has 0 aliphatic carbocycles. The summed E-state index contributed by atoms with van der Waals surface area (Å²) in [5.41, 5.74) is 0. The molecule has 2 heteroatoms. The molecule has 0 spiro atoms. The number of hydroxylamine groups is 3. The van der Waals surface area contributed by atoms with Crippen LogP contribution in [0.4, 0.5) is 0 Å². The summed E-state index contributed by atoms with van der Waals surface area (Å²) in [6, 6.07) is 0. The van der Waals surface area contributed by atoms with E-state index >= 15 is 0 Å². The lowest BCUT2D eigenvalue weighted by Gasteiger charge is -2.39. The summed E-state index contributed by atoms with van der Waals surface area (Å²) >= 11 is 0. The van der Waals surface area contributed by atoms with E-state index in [-0.39, 0.29) is 4.65 Å². The van der Waals surface area contributed by atoms with Crippen LogP contribution in [0.5, 0.6) is 0 Å². The molecule has 1 rings (SSSR count). The van der Waals surface area contributed by atoms with E-state index in [9.17, 15) is 5.21 Å². The summed E-state index contributed by atoms with van der Waals surface area (Å²) < 4.78 is 0.0827. The number of likely N-dealkylation sites (tertiary alicyclic amines) is 1. The van der Waals surface area contributed by atoms with Crippen molar-refractivity contribution in [2.24, 2.45) is 11.8 Å². The first-order valence-electron chi connectivity index (χ1n) is 5.09. The van der Waals surface area contributed by atoms with Crippen molar-refractivity contribution in [1.82, 2.24) is 0 Å². The second-order valence-corrected chi connectivity index (χ2v) is 4.76. The molecule has 1 saturated heterocycles. The predicted molar refractivity (Wildman–Crippen MR) is 51.5 cm³/mol. The van der Waals surface area contributed by atoms with Gasteiger partial charge in [0.2, 0.25) is 0 Å². The van der Waals surface area contributed by atoms with E-state index in [1.807, 2.05) is 0 Å². The first-order chi connectivity index (χ1) is 5.52. The topological polar surface area (TPSA) is 23.1 Å². The zero-order valence-corrected chi connectivity index (χ0v) is 8.55. The van der Waals surface area contributed by atoms with Gasteiger partial charge in [-0.1, -0.05) is 20.8 Å². The predicted octanol–water partition coefficient (Wildman–Crippen LogP) is 2.39. The van der Waals surface area contributed by atoms with Gasteiger partial charge in [-0.2, -0.15) is 0 Å². The maximum atomic E-state index is 12.0. The molecule has 2 atom stereocenters. The van der Waals surface area contributed by atoms with E-state index < -0.39 is 0 Å². The summed E-state index contributed by atoms with van der Waals surface area (Å²) in [5.74, 6) is 1.32. The van der Waals surface area contributed by atoms with Crippen molar-refractivity contribution in [2.45, 2.75) is 33.6 Å². The van der Waals surface area contributed by atoms with Crippen LogP contribution < -0.4 is 0 Å². The van der Waals surface area contributed by atoms with Crippen molar-refractivity contribution in [3.8, 4) is 0 Å². The van der Waals surface area contributed by atoms with Crippen molar-refractivity contribution in [3.63, 3.8) is 0 Å². The van der Waals surface area contributed by atoms with E-state index in [1.165, 1.54) is 0 Å². The maximum absolute atomic E-state index is 12.0. The molecule has 1 aliphatic rings. The molecule has 0 aromatic heterocycles. The Morgan fingerprint density at radius 2 is 2.17 bits per heavy atom. The summed E-state index contributed by atoms with van der Waals surface area (Å²) in [6.45, 7) is 9.10. The molecule has 0 bridgehead atoms. The SMILES string of the molecule is CC(C)CC[N+]1([O-])CCC(C)C1. The van der Waals surface area contributed by atoms with Gasteiger partial charge < -0.3 is 9.85 Å². The van der Waals surface area contributed by atoms with Crippen molar-refractivity contribution in [2.75, 3.05) is 19.6 Å². The number of nitrogens with zero attached hydrogens (tertiary/aromatic N) is 1. The normalized spacial score (nSPS) is 36.2. The van der Waals surface area contributed by atoms with E-state index in [1.54, 1.807) is 0 Å². The molecule has 2 nitrogen and oxygen atoms in total. The fraction of sp³-hybridized carbons (Fsp3) is 1.00. The van der Waals surface area contributed by atoms with Crippen LogP contribution in [0.2, 0.25) is 0 Å². The number of quaternary nitrogens is 1. The third-order valence-electron chi connectivity index (χ3n) is 2.79. The van der Waals surface area contributed by atoms with E-state index in [2.05, 4.69) is 20.8 Å². The molecule has 1 fully saturated rings. The minimum Gasteiger partial charge on any atom is -0.633 e. The highest BCUT2D eigenvalue weighted by Crippen LogP contribution is 2.23. The Morgan fingerprint density at radius 3 is 2.58 bits per heavy atom. The minimum atomic E-state index is 0.0827. The van der Waals surface area contributed by atoms with Crippen LogP contribution in [-0.2, 0) is 0 Å². The fourth-order valence-electron chi connectivity index (χ4n) is 1.90. The molecule has 0 N–H and O–H groups in total. The molecule has 12 heavy (non-hydrogen) atoms. The Kier molecular flexibility index (Phi) is 3.13. The van der Waals surface area contributed by atoms with Crippen LogP contribution in [0.25, 0.3) is 0 Å². The van der Waals surface area contributed by atoms with E-state index in [0.717, 1.165) is 32.5 Å². The Bertz CT molecular complexity index is 147. The average molecular weight is 171 g/mol. The van der Waals surface area contributed by atoms with Crippen LogP contribution in [0.3, 0.4) is 0 Å². The van der Waals surface area contributed by atoms with Gasteiger partial charge in [0.15, 0.2) is 0 Å². The van der Waals surface area contributed by atoms with Crippen LogP contribution in [-0.4, -0.2) is 24.3 Å². The van der Waals surface area contributed by atoms with Gasteiger partial charge in [-0.25, -0.2) is 0 Å². The lowest BCUT2D eigenvalue weighted by molar-refractivity contribution is -0.870. The molecule has 0 amide bonds. The third-order valence-corrected chi connectivity index (χ3v) is 2.79. The largest absolute Gasteiger partial charge is 0.633 e. The standard InChI is InChI=1S/C10H21NO/c1-9(2)4-6-11(12)7-5-10(3)8-11/h9-10H,4-8H2,1-3H3. The van der Waals surface area contributed by atoms with Crippen LogP contribution in [0.1, 0.15) is 33.6 Å². The number of hydrogen-bond donors (Lipinski definition) is 0. The zero-order chi connectivity index (χ0) is 9.19. The highest BCUT2D eigenvalue weighted by molar-refractivity contribution is 4.63. The highest BCUT2D eigenvalue weighted by atomic mass is 16.5. The second kappa shape index (κ2) is 3.75. The molecule has 2 unspecified atom stereocenters. The highest BCUT2D eigenvalue weighted by Gasteiger charge is 2.28. The molecule has 0 radical (unpaired) electrons. The van der Waals surface area contributed by atoms with Gasteiger partial charge in [0.1, 0.15) is 0 Å². The van der Waals surface area contributed by atoms with Gasteiger partial charge >= 0.3 is 0 Å². The Morgan fingerprint density at radius 1 is 1.50 bits per heavy atom. The average Bonchev–Trinajstić information content (AvgIpc) is 2.29. The van der Waals surface area contributed by atoms with E-state index in [4.69, 9.17) is 0 Å². The Balaban J connectivity index is 2.30. The summed E-state index contributed by atoms with van der Waals surface area (Å²) in [4.78, 5) is 0. The summed E-state index contributed by atoms with van der Waals surface area (Å²) in [7, 11) is 0. The van der Waals surface area contributed by atoms with Crippen LogP contribution in [0.15, 0.2) is 0 Å². The molecule has 0 aromatic rings. The zero-order valence-electron chi connectivity index (χ0n) is 8.55. The monoisotopic (exact) mass is 171 g/mol. The van der Waals surface area contributed by atoms with Crippen molar-refractivity contribution in [3.05, 3.63) is 5.21 Å². The first-order valence-corrected chi connectivity index (χ1v) is 5.09. The van der Waals surface area contributed by atoms with Gasteiger partial charge in [0, 0.05) is 12.3 Å². The lowest BCUT2D eigenvalue weighted by atomic mass is 10.1. The minimum absolute atomic E-state index is 0.0827. The number of hydrogen-bond acceptors (Lipinski definition) is 1. The van der Waals surface area contributed by atoms with Gasteiger partial charge in [-0.15, -0.1) is 0 Å². The van der Waals surface area contributed by atoms with Gasteiger partial charge in [-0.3, -0.25) is 0 Å². The molecule has 1 aliphatic heterocycles. The first kappa shape index (κ1) is 10.0. The summed E-state index contributed by atoms with van der Waals surface area (Å²) in [5, 5.41) is 12.0. The van der Waals surface area contributed by atoms with Crippen molar-refractivity contribution >= 4 is 0 Å². The van der Waals surface area contributed by atoms with Gasteiger partial charge in [-0.05, 0) is 12.3 Å². The Labute approximate surface area is 75.7 Å². The van der Waals surface area contributed by atoms with Crippen molar-refractivity contribution < 1.29 is 4.65 Å². The lowest BCUT2D eigenvalue weighted by Crippen LogP contribution is -2.40. The molecular weight excluding hydrogens is 150 g/mol. The maximum Gasteiger partial charge on any atom is 0.0812 e. The molecule has 0 aromatic carbocycles. The third kappa shape index (κ3) is 2.76. The van der Waals surface area contributed by atoms with Crippen LogP contribution >= 0.6 is 0 Å². The fourth-order valence-corrected chi connectivity index (χ4v) is 1.90. The number of rotatable bonds is 3. The van der Waals surface area contributed by atoms with Crippen LogP contribution in [0, 0.1) is 17.0 Å².